The number of nitrogens with zero attached hydrogens (tertiary/aromatic N) is 1. The standard InChI is InChI=1S/C10H13N3O2S/c1-10(2,3)15-9(14)6-4-5-7(11)12-13-8(5)16-6/h4H,1-3H3,(H3,11,12,13). The molecule has 3 N–H and O–H groups in total. The fourth-order valence-electron chi connectivity index (χ4n) is 1.26. The number of fused-ring (bicyclic) bond motifs is 1. The van der Waals surface area contributed by atoms with Gasteiger partial charge in [0, 0.05) is 0 Å². The number of esters is 1. The van der Waals surface area contributed by atoms with Crippen LogP contribution in [-0.2, 0) is 4.74 Å². The van der Waals surface area contributed by atoms with Gasteiger partial charge in [-0.25, -0.2) is 4.79 Å². The van der Waals surface area contributed by atoms with E-state index in [9.17, 15) is 4.79 Å². The van der Waals surface area contributed by atoms with Gasteiger partial charge in [0.2, 0.25) is 0 Å². The number of H-pyrrole nitrogens is 1. The van der Waals surface area contributed by atoms with Crippen LogP contribution >= 0.6 is 11.3 Å². The number of nitrogens with one attached hydrogen (secondary N) is 1. The first-order valence-electron chi connectivity index (χ1n) is 4.83. The molecule has 0 aliphatic rings. The summed E-state index contributed by atoms with van der Waals surface area (Å²) in [6.07, 6.45) is 0. The molecule has 0 unspecified atom stereocenters. The van der Waals surface area contributed by atoms with Crippen molar-refractivity contribution in [2.75, 3.05) is 5.73 Å². The van der Waals surface area contributed by atoms with E-state index in [1.54, 1.807) is 6.07 Å². The third-order valence-corrected chi connectivity index (χ3v) is 2.89. The van der Waals surface area contributed by atoms with E-state index in [1.165, 1.54) is 11.3 Å². The fourth-order valence-corrected chi connectivity index (χ4v) is 2.14. The maximum Gasteiger partial charge on any atom is 0.348 e. The molecule has 2 heterocycles. The lowest BCUT2D eigenvalue weighted by Gasteiger charge is -2.18. The molecule has 0 aliphatic heterocycles. The van der Waals surface area contributed by atoms with Crippen molar-refractivity contribution in [3.05, 3.63) is 10.9 Å². The summed E-state index contributed by atoms with van der Waals surface area (Å²) < 4.78 is 5.26. The van der Waals surface area contributed by atoms with Crippen LogP contribution in [-0.4, -0.2) is 21.8 Å². The van der Waals surface area contributed by atoms with Crippen molar-refractivity contribution in [1.82, 2.24) is 10.2 Å². The van der Waals surface area contributed by atoms with Gasteiger partial charge in [-0.05, 0) is 26.8 Å². The number of rotatable bonds is 1. The number of nitrogens with two attached hydrogens (primary N) is 1. The van der Waals surface area contributed by atoms with Crippen molar-refractivity contribution in [2.24, 2.45) is 0 Å². The van der Waals surface area contributed by atoms with Gasteiger partial charge in [-0.3, -0.25) is 5.10 Å². The molecule has 86 valence electrons. The third-order valence-electron chi connectivity index (χ3n) is 1.88. The number of aromatic amines is 1. The largest absolute Gasteiger partial charge is 0.456 e. The number of hydrogen-bond acceptors (Lipinski definition) is 5. The van der Waals surface area contributed by atoms with E-state index in [0.29, 0.717) is 10.7 Å². The van der Waals surface area contributed by atoms with Crippen LogP contribution in [0.5, 0.6) is 0 Å². The summed E-state index contributed by atoms with van der Waals surface area (Å²) in [6, 6.07) is 1.70. The number of aromatic nitrogens is 2. The van der Waals surface area contributed by atoms with Crippen LogP contribution < -0.4 is 5.73 Å². The van der Waals surface area contributed by atoms with Gasteiger partial charge in [-0.1, -0.05) is 0 Å². The van der Waals surface area contributed by atoms with Crippen LogP contribution in [0.4, 0.5) is 5.82 Å². The number of ether oxygens (including phenoxy) is 1. The highest BCUT2D eigenvalue weighted by Gasteiger charge is 2.20. The van der Waals surface area contributed by atoms with E-state index >= 15 is 0 Å². The molecule has 2 aromatic heterocycles. The first kappa shape index (κ1) is 10.9. The van der Waals surface area contributed by atoms with Gasteiger partial charge < -0.3 is 10.5 Å². The molecule has 2 aromatic rings. The minimum atomic E-state index is -0.490. The minimum absolute atomic E-state index is 0.338. The number of nitrogen functional groups attached to an aromatic ring is 1. The molecule has 0 spiro atoms. The Balaban J connectivity index is 2.30. The number of carbonyl (C=O) groups is 1. The molecule has 0 bridgehead atoms. The van der Waals surface area contributed by atoms with Crippen molar-refractivity contribution in [2.45, 2.75) is 26.4 Å². The molecule has 0 aromatic carbocycles. The van der Waals surface area contributed by atoms with Crippen molar-refractivity contribution >= 4 is 33.3 Å². The first-order chi connectivity index (χ1) is 7.37. The van der Waals surface area contributed by atoms with Crippen molar-refractivity contribution in [1.29, 1.82) is 0 Å². The van der Waals surface area contributed by atoms with E-state index in [-0.39, 0.29) is 5.97 Å². The Morgan fingerprint density at radius 1 is 1.56 bits per heavy atom. The fraction of sp³-hybridized carbons (Fsp3) is 0.400. The van der Waals surface area contributed by atoms with Gasteiger partial charge in [-0.2, -0.15) is 5.10 Å². The second-order valence-corrected chi connectivity index (χ2v) is 5.50. The third kappa shape index (κ3) is 2.01. The van der Waals surface area contributed by atoms with Gasteiger partial charge in [-0.15, -0.1) is 11.3 Å². The number of hydrogen-bond donors (Lipinski definition) is 2. The lowest BCUT2D eigenvalue weighted by molar-refractivity contribution is 0.00753. The highest BCUT2D eigenvalue weighted by Crippen LogP contribution is 2.28. The molecule has 0 radical (unpaired) electrons. The molecule has 0 atom stereocenters. The van der Waals surface area contributed by atoms with Crippen LogP contribution in [0.25, 0.3) is 10.2 Å². The smallest absolute Gasteiger partial charge is 0.348 e. The summed E-state index contributed by atoms with van der Waals surface area (Å²) in [7, 11) is 0. The van der Waals surface area contributed by atoms with Crippen LogP contribution in [0, 0.1) is 0 Å². The van der Waals surface area contributed by atoms with E-state index in [1.807, 2.05) is 20.8 Å². The topological polar surface area (TPSA) is 81.0 Å². The lowest BCUT2D eigenvalue weighted by atomic mass is 10.2. The van der Waals surface area contributed by atoms with Crippen molar-refractivity contribution in [3.63, 3.8) is 0 Å². The van der Waals surface area contributed by atoms with Gasteiger partial charge in [0.15, 0.2) is 0 Å². The Hall–Kier alpha value is -1.56. The zero-order valence-electron chi connectivity index (χ0n) is 9.33. The Labute approximate surface area is 96.6 Å². The molecule has 0 fully saturated rings. The zero-order chi connectivity index (χ0) is 11.9. The Kier molecular flexibility index (Phi) is 2.38. The van der Waals surface area contributed by atoms with E-state index in [0.717, 1.165) is 10.2 Å². The summed E-state index contributed by atoms with van der Waals surface area (Å²) in [6.45, 7) is 5.50. The molecule has 0 aliphatic carbocycles. The lowest BCUT2D eigenvalue weighted by Crippen LogP contribution is -2.23. The summed E-state index contributed by atoms with van der Waals surface area (Å²) in [4.78, 5) is 13.0. The molecular formula is C10H13N3O2S. The number of thiophene rings is 1. The predicted octanol–water partition coefficient (Wildman–Crippen LogP) is 2.16. The molecule has 0 saturated heterocycles. The van der Waals surface area contributed by atoms with Crippen molar-refractivity contribution in [3.8, 4) is 0 Å². The van der Waals surface area contributed by atoms with Crippen molar-refractivity contribution < 1.29 is 9.53 Å². The quantitative estimate of drug-likeness (QED) is 0.747. The molecule has 5 nitrogen and oxygen atoms in total. The number of carbonyl (C=O) groups excluding carboxylic acids is 1. The minimum Gasteiger partial charge on any atom is -0.456 e. The van der Waals surface area contributed by atoms with Crippen LogP contribution in [0.3, 0.4) is 0 Å². The monoisotopic (exact) mass is 239 g/mol. The highest BCUT2D eigenvalue weighted by molar-refractivity contribution is 7.20. The summed E-state index contributed by atoms with van der Waals surface area (Å²) in [5, 5.41) is 7.40. The first-order valence-corrected chi connectivity index (χ1v) is 5.65. The highest BCUT2D eigenvalue weighted by atomic mass is 32.1. The zero-order valence-corrected chi connectivity index (χ0v) is 10.1. The second kappa shape index (κ2) is 3.48. The molecular weight excluding hydrogens is 226 g/mol. The van der Waals surface area contributed by atoms with E-state index in [2.05, 4.69) is 10.2 Å². The van der Waals surface area contributed by atoms with Crippen LogP contribution in [0.1, 0.15) is 30.4 Å². The van der Waals surface area contributed by atoms with E-state index in [4.69, 9.17) is 10.5 Å². The van der Waals surface area contributed by atoms with Gasteiger partial charge in [0.1, 0.15) is 21.1 Å². The van der Waals surface area contributed by atoms with Gasteiger partial charge >= 0.3 is 5.97 Å². The average Bonchev–Trinajstić information content (AvgIpc) is 2.65. The average molecular weight is 239 g/mol. The van der Waals surface area contributed by atoms with Gasteiger partial charge in [0.05, 0.1) is 5.39 Å². The summed E-state index contributed by atoms with van der Waals surface area (Å²) in [5.74, 6) is 0.135. The van der Waals surface area contributed by atoms with E-state index < -0.39 is 5.60 Å². The van der Waals surface area contributed by atoms with Gasteiger partial charge in [0.25, 0.3) is 0 Å². The predicted molar refractivity (Wildman–Crippen MR) is 63.6 cm³/mol. The molecule has 0 saturated carbocycles. The maximum atomic E-state index is 11.7. The van der Waals surface area contributed by atoms with Crippen LogP contribution in [0.15, 0.2) is 6.07 Å². The summed E-state index contributed by atoms with van der Waals surface area (Å²) >= 11 is 1.27. The Bertz CT molecular complexity index is 536. The number of anilines is 1. The Morgan fingerprint density at radius 3 is 2.81 bits per heavy atom. The maximum absolute atomic E-state index is 11.7. The molecule has 6 heteroatoms. The normalized spacial score (nSPS) is 11.9. The second-order valence-electron chi connectivity index (χ2n) is 4.47. The van der Waals surface area contributed by atoms with Crippen LogP contribution in [0.2, 0.25) is 0 Å². The molecule has 16 heavy (non-hydrogen) atoms. The molecule has 2 rings (SSSR count). The SMILES string of the molecule is CC(C)(C)OC(=O)c1cc2c(N)[nH]nc2s1. The summed E-state index contributed by atoms with van der Waals surface area (Å²) in [5.41, 5.74) is 5.16. The molecule has 0 amide bonds. The Morgan fingerprint density at radius 2 is 2.25 bits per heavy atom.